The Morgan fingerprint density at radius 3 is 2.14 bits per heavy atom. The van der Waals surface area contributed by atoms with E-state index >= 15 is 0 Å². The maximum Gasteiger partial charge on any atom is 0.323 e. The lowest BCUT2D eigenvalue weighted by atomic mass is 10.1. The summed E-state index contributed by atoms with van der Waals surface area (Å²) in [6.07, 6.45) is 0. The number of aryl methyl sites for hydroxylation is 1. The van der Waals surface area contributed by atoms with E-state index in [1.807, 2.05) is 61.5 Å². The highest BCUT2D eigenvalue weighted by molar-refractivity contribution is 6.01. The normalized spacial score (nSPS) is 13.1. The van der Waals surface area contributed by atoms with Crippen molar-refractivity contribution in [1.29, 1.82) is 0 Å². The number of nitrogens with zero attached hydrogens (tertiary/aromatic N) is 4. The molecule has 0 spiro atoms. The fraction of sp³-hybridized carbons (Fsp3) is 0.212. The maximum absolute atomic E-state index is 12.7. The lowest BCUT2D eigenvalue weighted by Gasteiger charge is -2.29. The van der Waals surface area contributed by atoms with Crippen LogP contribution in [0.5, 0.6) is 0 Å². The van der Waals surface area contributed by atoms with Crippen molar-refractivity contribution in [2.45, 2.75) is 6.92 Å². The van der Waals surface area contributed by atoms with Crippen LogP contribution >= 0.6 is 0 Å². The van der Waals surface area contributed by atoms with Gasteiger partial charge in [0.1, 0.15) is 17.3 Å². The minimum atomic E-state index is -0.394. The number of rotatable bonds is 6. The van der Waals surface area contributed by atoms with Gasteiger partial charge in [-0.05, 0) is 79.7 Å². The Morgan fingerprint density at radius 1 is 0.837 bits per heavy atom. The van der Waals surface area contributed by atoms with Crippen LogP contribution in [-0.4, -0.2) is 67.2 Å². The standard InChI is InChI=1S/C33H32N6O4/c1-21-7-16-28(43-21)26-5-4-6-27-29(26)36-30(37-31(27)39-17-19-42-20-18-39)22-8-12-24(13-9-22)34-33(41)35-25-14-10-23(11-15-25)32(40)38(2)3/h4-16H,17-20H2,1-3H3,(H2,34,35,41). The maximum atomic E-state index is 12.7. The summed E-state index contributed by atoms with van der Waals surface area (Å²) in [4.78, 5) is 38.5. The van der Waals surface area contributed by atoms with Gasteiger partial charge >= 0.3 is 6.03 Å². The Kier molecular flexibility index (Phi) is 7.76. The summed E-state index contributed by atoms with van der Waals surface area (Å²) in [6.45, 7) is 4.68. The number of furan rings is 1. The summed E-state index contributed by atoms with van der Waals surface area (Å²) in [5.74, 6) is 2.92. The van der Waals surface area contributed by atoms with Crippen LogP contribution in [0, 0.1) is 6.92 Å². The zero-order valence-corrected chi connectivity index (χ0v) is 24.3. The third kappa shape index (κ3) is 6.05. The largest absolute Gasteiger partial charge is 0.461 e. The molecule has 1 saturated heterocycles. The number of benzene rings is 3. The van der Waals surface area contributed by atoms with Gasteiger partial charge in [0.2, 0.25) is 0 Å². The van der Waals surface area contributed by atoms with Crippen molar-refractivity contribution in [3.8, 4) is 22.7 Å². The van der Waals surface area contributed by atoms with Crippen LogP contribution in [0.2, 0.25) is 0 Å². The molecule has 10 nitrogen and oxygen atoms in total. The summed E-state index contributed by atoms with van der Waals surface area (Å²) >= 11 is 0. The lowest BCUT2D eigenvalue weighted by Crippen LogP contribution is -2.37. The van der Waals surface area contributed by atoms with Gasteiger partial charge in [0.15, 0.2) is 5.82 Å². The molecular formula is C33H32N6O4. The predicted octanol–water partition coefficient (Wildman–Crippen LogP) is 6.05. The van der Waals surface area contributed by atoms with Gasteiger partial charge in [0.05, 0.1) is 18.7 Å². The summed E-state index contributed by atoms with van der Waals surface area (Å²) in [5.41, 5.74) is 4.26. The summed E-state index contributed by atoms with van der Waals surface area (Å²) in [6, 6.07) is 23.7. The molecule has 3 amide bonds. The van der Waals surface area contributed by atoms with Crippen molar-refractivity contribution >= 4 is 40.0 Å². The topological polar surface area (TPSA) is 113 Å². The first-order chi connectivity index (χ1) is 20.9. The van der Waals surface area contributed by atoms with Crippen molar-refractivity contribution in [2.75, 3.05) is 55.9 Å². The Hall–Kier alpha value is -5.22. The van der Waals surface area contributed by atoms with Crippen LogP contribution in [-0.2, 0) is 4.74 Å². The molecule has 3 heterocycles. The van der Waals surface area contributed by atoms with Gasteiger partial charge < -0.3 is 29.6 Å². The van der Waals surface area contributed by atoms with Gasteiger partial charge in [-0.1, -0.05) is 6.07 Å². The second kappa shape index (κ2) is 11.9. The molecule has 0 unspecified atom stereocenters. The molecule has 1 aliphatic rings. The number of carbonyl (C=O) groups is 2. The van der Waals surface area contributed by atoms with E-state index in [1.165, 1.54) is 4.90 Å². The van der Waals surface area contributed by atoms with Gasteiger partial charge in [-0.15, -0.1) is 0 Å². The number of morpholine rings is 1. The fourth-order valence-electron chi connectivity index (χ4n) is 5.01. The van der Waals surface area contributed by atoms with Gasteiger partial charge in [-0.2, -0.15) is 0 Å². The number of hydrogen-bond donors (Lipinski definition) is 2. The number of fused-ring (bicyclic) bond motifs is 1. The number of aromatic nitrogens is 2. The number of amides is 3. The fourth-order valence-corrected chi connectivity index (χ4v) is 5.01. The van der Waals surface area contributed by atoms with Crippen LogP contribution in [0.3, 0.4) is 0 Å². The molecule has 10 heteroatoms. The van der Waals surface area contributed by atoms with Gasteiger partial charge in [0.25, 0.3) is 5.91 Å². The molecule has 1 aliphatic heterocycles. The molecule has 3 aromatic carbocycles. The minimum absolute atomic E-state index is 0.101. The third-order valence-electron chi connectivity index (χ3n) is 7.22. The van der Waals surface area contributed by atoms with Crippen LogP contribution in [0.1, 0.15) is 16.1 Å². The van der Waals surface area contributed by atoms with Crippen molar-refractivity contribution in [3.63, 3.8) is 0 Å². The molecule has 0 aliphatic carbocycles. The van der Waals surface area contributed by atoms with Gasteiger partial charge in [-0.3, -0.25) is 4.79 Å². The first-order valence-electron chi connectivity index (χ1n) is 14.1. The van der Waals surface area contributed by atoms with Crippen molar-refractivity contribution < 1.29 is 18.7 Å². The Balaban J connectivity index is 1.26. The van der Waals surface area contributed by atoms with E-state index in [2.05, 4.69) is 15.5 Å². The van der Waals surface area contributed by atoms with Crippen LogP contribution in [0.15, 0.2) is 83.3 Å². The van der Waals surface area contributed by atoms with Crippen LogP contribution in [0.25, 0.3) is 33.6 Å². The van der Waals surface area contributed by atoms with E-state index in [9.17, 15) is 9.59 Å². The van der Waals surface area contributed by atoms with E-state index < -0.39 is 6.03 Å². The van der Waals surface area contributed by atoms with Crippen LogP contribution in [0.4, 0.5) is 22.0 Å². The average Bonchev–Trinajstić information content (AvgIpc) is 3.46. The quantitative estimate of drug-likeness (QED) is 0.253. The van der Waals surface area contributed by atoms with E-state index in [0.29, 0.717) is 36.0 Å². The second-order valence-corrected chi connectivity index (χ2v) is 10.5. The molecule has 43 heavy (non-hydrogen) atoms. The first kappa shape index (κ1) is 27.9. The summed E-state index contributed by atoms with van der Waals surface area (Å²) < 4.78 is 11.6. The van der Waals surface area contributed by atoms with Gasteiger partial charge in [-0.25, -0.2) is 14.8 Å². The molecule has 0 saturated carbocycles. The average molecular weight is 577 g/mol. The van der Waals surface area contributed by atoms with Crippen molar-refractivity contribution in [2.24, 2.45) is 0 Å². The zero-order chi connectivity index (χ0) is 29.9. The number of carbonyl (C=O) groups excluding carboxylic acids is 2. The Bertz CT molecular complexity index is 1770. The van der Waals surface area contributed by atoms with E-state index in [1.54, 1.807) is 38.4 Å². The lowest BCUT2D eigenvalue weighted by molar-refractivity contribution is 0.0827. The molecule has 0 bridgehead atoms. The zero-order valence-electron chi connectivity index (χ0n) is 24.3. The van der Waals surface area contributed by atoms with E-state index in [4.69, 9.17) is 19.1 Å². The highest BCUT2D eigenvalue weighted by Gasteiger charge is 2.21. The number of ether oxygens (including phenoxy) is 1. The van der Waals surface area contributed by atoms with Crippen LogP contribution < -0.4 is 15.5 Å². The molecule has 2 aromatic heterocycles. The molecule has 0 atom stereocenters. The monoisotopic (exact) mass is 576 g/mol. The van der Waals surface area contributed by atoms with Crippen molar-refractivity contribution in [1.82, 2.24) is 14.9 Å². The number of nitrogens with one attached hydrogen (secondary N) is 2. The number of hydrogen-bond acceptors (Lipinski definition) is 7. The highest BCUT2D eigenvalue weighted by atomic mass is 16.5. The SMILES string of the molecule is Cc1ccc(-c2cccc3c(N4CCOCC4)nc(-c4ccc(NC(=O)Nc5ccc(C(=O)N(C)C)cc5)cc4)nc23)o1. The molecule has 6 rings (SSSR count). The molecule has 5 aromatic rings. The van der Waals surface area contributed by atoms with E-state index in [0.717, 1.165) is 52.5 Å². The van der Waals surface area contributed by atoms with Gasteiger partial charge in [0, 0.05) is 60.6 Å². The summed E-state index contributed by atoms with van der Waals surface area (Å²) in [7, 11) is 3.39. The second-order valence-electron chi connectivity index (χ2n) is 10.5. The molecular weight excluding hydrogens is 544 g/mol. The van der Waals surface area contributed by atoms with E-state index in [-0.39, 0.29) is 5.91 Å². The predicted molar refractivity (Wildman–Crippen MR) is 168 cm³/mol. The molecule has 0 radical (unpaired) electrons. The number of anilines is 3. The first-order valence-corrected chi connectivity index (χ1v) is 14.1. The highest BCUT2D eigenvalue weighted by Crippen LogP contribution is 2.35. The molecule has 2 N–H and O–H groups in total. The smallest absolute Gasteiger partial charge is 0.323 e. The molecule has 1 fully saturated rings. The number of urea groups is 1. The summed E-state index contributed by atoms with van der Waals surface area (Å²) in [5, 5.41) is 6.60. The minimum Gasteiger partial charge on any atom is -0.461 e. The molecule has 218 valence electrons. The Labute approximate surface area is 249 Å². The number of para-hydroxylation sites is 1. The third-order valence-corrected chi connectivity index (χ3v) is 7.22. The van der Waals surface area contributed by atoms with Crippen molar-refractivity contribution in [3.05, 3.63) is 90.2 Å². The Morgan fingerprint density at radius 2 is 1.51 bits per heavy atom.